The van der Waals surface area contributed by atoms with Crippen molar-refractivity contribution in [3.05, 3.63) is 47.2 Å². The smallest absolute Gasteiger partial charge is 0.255 e. The van der Waals surface area contributed by atoms with Crippen LogP contribution in [0.5, 0.6) is 5.75 Å². The molecule has 2 aromatic rings. The summed E-state index contributed by atoms with van der Waals surface area (Å²) in [7, 11) is 1.51. The van der Waals surface area contributed by atoms with Gasteiger partial charge in [-0.3, -0.25) is 9.59 Å². The number of halogens is 1. The molecule has 0 bridgehead atoms. The average Bonchev–Trinajstić information content (AvgIpc) is 3.23. The highest BCUT2D eigenvalue weighted by Crippen LogP contribution is 2.32. The molecular weight excluding hydrogens is 378 g/mol. The van der Waals surface area contributed by atoms with Gasteiger partial charge >= 0.3 is 0 Å². The lowest BCUT2D eigenvalue weighted by molar-refractivity contribution is -0.128. The number of amides is 2. The van der Waals surface area contributed by atoms with Crippen molar-refractivity contribution >= 4 is 23.4 Å². The van der Waals surface area contributed by atoms with Crippen LogP contribution in [0.3, 0.4) is 0 Å². The third-order valence-corrected chi connectivity index (χ3v) is 5.53. The number of carbonyl (C=O) groups is 2. The first-order valence-electron chi connectivity index (χ1n) is 9.62. The van der Waals surface area contributed by atoms with E-state index in [1.54, 1.807) is 12.1 Å². The van der Waals surface area contributed by atoms with E-state index in [2.05, 4.69) is 10.6 Å². The number of carbonyl (C=O) groups excluding carboxylic acids is 2. The van der Waals surface area contributed by atoms with Crippen LogP contribution in [0.4, 0.5) is 0 Å². The molecule has 0 atom stereocenters. The highest BCUT2D eigenvalue weighted by atomic mass is 35.5. The standard InChI is InChI=1S/C21H26ClN3O3/c1-3-23-20(27)21(9-5-4-6-10-21)24-19(26)15-13-16(22)17(14-18(15)28-2)25-11-7-8-12-25/h7-8,11-14H,3-6,9-10H2,1-2H3,(H,23,27)(H,24,26). The van der Waals surface area contributed by atoms with E-state index in [0.29, 0.717) is 35.7 Å². The number of nitrogens with zero attached hydrogens (tertiary/aromatic N) is 1. The maximum absolute atomic E-state index is 13.1. The Balaban J connectivity index is 1.92. The minimum atomic E-state index is -0.887. The molecule has 0 unspecified atom stereocenters. The number of aromatic nitrogens is 1. The zero-order chi connectivity index (χ0) is 20.1. The fourth-order valence-electron chi connectivity index (χ4n) is 3.76. The Hall–Kier alpha value is -2.47. The van der Waals surface area contributed by atoms with Crippen LogP contribution in [0.2, 0.25) is 5.02 Å². The fourth-order valence-corrected chi connectivity index (χ4v) is 4.02. The molecule has 1 heterocycles. The Kier molecular flexibility index (Phi) is 6.29. The summed E-state index contributed by atoms with van der Waals surface area (Å²) < 4.78 is 7.31. The Morgan fingerprint density at radius 3 is 2.46 bits per heavy atom. The Morgan fingerprint density at radius 1 is 1.18 bits per heavy atom. The second-order valence-electron chi connectivity index (χ2n) is 7.05. The van der Waals surface area contributed by atoms with Crippen molar-refractivity contribution in [2.24, 2.45) is 0 Å². The first kappa shape index (κ1) is 20.3. The fraction of sp³-hybridized carbons (Fsp3) is 0.429. The van der Waals surface area contributed by atoms with Crippen LogP contribution in [-0.4, -0.2) is 35.6 Å². The van der Waals surface area contributed by atoms with Gasteiger partial charge in [-0.05, 0) is 38.0 Å². The normalized spacial score (nSPS) is 15.7. The van der Waals surface area contributed by atoms with Crippen LogP contribution in [-0.2, 0) is 4.79 Å². The minimum Gasteiger partial charge on any atom is -0.496 e. The van der Waals surface area contributed by atoms with E-state index in [0.717, 1.165) is 24.9 Å². The maximum atomic E-state index is 13.1. The Labute approximate surface area is 170 Å². The summed E-state index contributed by atoms with van der Waals surface area (Å²) in [6.45, 7) is 2.40. The lowest BCUT2D eigenvalue weighted by atomic mass is 9.80. The van der Waals surface area contributed by atoms with Crippen molar-refractivity contribution in [3.63, 3.8) is 0 Å². The Bertz CT molecular complexity index is 843. The van der Waals surface area contributed by atoms with Crippen molar-refractivity contribution in [2.45, 2.75) is 44.6 Å². The molecule has 2 N–H and O–H groups in total. The van der Waals surface area contributed by atoms with Crippen LogP contribution in [0.15, 0.2) is 36.7 Å². The number of hydrogen-bond donors (Lipinski definition) is 2. The minimum absolute atomic E-state index is 0.128. The molecule has 6 nitrogen and oxygen atoms in total. The SMILES string of the molecule is CCNC(=O)C1(NC(=O)c2cc(Cl)c(-n3cccc3)cc2OC)CCCCC1. The molecule has 3 rings (SSSR count). The number of likely N-dealkylation sites (N-methyl/N-ethyl adjacent to an activating group) is 1. The van der Waals surface area contributed by atoms with Crippen molar-refractivity contribution in [2.75, 3.05) is 13.7 Å². The van der Waals surface area contributed by atoms with Gasteiger partial charge in [0.25, 0.3) is 5.91 Å². The zero-order valence-corrected chi connectivity index (χ0v) is 17.0. The van der Waals surface area contributed by atoms with E-state index in [1.165, 1.54) is 7.11 Å². The zero-order valence-electron chi connectivity index (χ0n) is 16.3. The van der Waals surface area contributed by atoms with Gasteiger partial charge in [0.2, 0.25) is 5.91 Å². The van der Waals surface area contributed by atoms with Gasteiger partial charge in [0, 0.05) is 25.0 Å². The van der Waals surface area contributed by atoms with Crippen LogP contribution in [0, 0.1) is 0 Å². The summed E-state index contributed by atoms with van der Waals surface area (Å²) in [5.74, 6) is -0.0736. The summed E-state index contributed by atoms with van der Waals surface area (Å²) in [4.78, 5) is 25.9. The molecule has 2 amide bonds. The van der Waals surface area contributed by atoms with Gasteiger partial charge in [-0.1, -0.05) is 30.9 Å². The topological polar surface area (TPSA) is 72.4 Å². The first-order chi connectivity index (χ1) is 13.5. The van der Waals surface area contributed by atoms with E-state index in [4.69, 9.17) is 16.3 Å². The second kappa shape index (κ2) is 8.69. The number of rotatable bonds is 6. The summed E-state index contributed by atoms with van der Waals surface area (Å²) >= 11 is 6.45. The van der Waals surface area contributed by atoms with E-state index >= 15 is 0 Å². The first-order valence-corrected chi connectivity index (χ1v) is 10.0. The summed E-state index contributed by atoms with van der Waals surface area (Å²) in [5, 5.41) is 6.29. The average molecular weight is 404 g/mol. The summed E-state index contributed by atoms with van der Waals surface area (Å²) in [5.41, 5.74) is 0.149. The number of nitrogens with one attached hydrogen (secondary N) is 2. The van der Waals surface area contributed by atoms with E-state index in [1.807, 2.05) is 36.0 Å². The molecule has 0 saturated heterocycles. The van der Waals surface area contributed by atoms with E-state index < -0.39 is 5.54 Å². The third kappa shape index (κ3) is 4.02. The molecule has 1 aliphatic carbocycles. The van der Waals surface area contributed by atoms with Crippen LogP contribution in [0.1, 0.15) is 49.4 Å². The van der Waals surface area contributed by atoms with Gasteiger partial charge in [0.15, 0.2) is 0 Å². The molecule has 0 spiro atoms. The summed E-state index contributed by atoms with van der Waals surface area (Å²) in [6, 6.07) is 7.11. The molecule has 150 valence electrons. The number of hydrogen-bond acceptors (Lipinski definition) is 3. The quantitative estimate of drug-likeness (QED) is 0.772. The van der Waals surface area contributed by atoms with Crippen molar-refractivity contribution < 1.29 is 14.3 Å². The van der Waals surface area contributed by atoms with Crippen molar-refractivity contribution in [3.8, 4) is 11.4 Å². The lowest BCUT2D eigenvalue weighted by Gasteiger charge is -2.36. The molecule has 0 radical (unpaired) electrons. The number of benzene rings is 1. The van der Waals surface area contributed by atoms with Crippen molar-refractivity contribution in [1.82, 2.24) is 15.2 Å². The largest absolute Gasteiger partial charge is 0.496 e. The molecule has 7 heteroatoms. The monoisotopic (exact) mass is 403 g/mol. The molecule has 1 aromatic heterocycles. The molecular formula is C21H26ClN3O3. The molecule has 28 heavy (non-hydrogen) atoms. The second-order valence-corrected chi connectivity index (χ2v) is 7.46. The van der Waals surface area contributed by atoms with Gasteiger partial charge in [-0.15, -0.1) is 0 Å². The van der Waals surface area contributed by atoms with E-state index in [9.17, 15) is 9.59 Å². The van der Waals surface area contributed by atoms with Gasteiger partial charge in [0.05, 0.1) is 23.4 Å². The number of methoxy groups -OCH3 is 1. The predicted molar refractivity (Wildman–Crippen MR) is 109 cm³/mol. The molecule has 1 fully saturated rings. The summed E-state index contributed by atoms with van der Waals surface area (Å²) in [6.07, 6.45) is 7.87. The van der Waals surface area contributed by atoms with Crippen LogP contribution < -0.4 is 15.4 Å². The molecule has 0 aliphatic heterocycles. The number of ether oxygens (including phenoxy) is 1. The Morgan fingerprint density at radius 2 is 1.86 bits per heavy atom. The van der Waals surface area contributed by atoms with Crippen LogP contribution in [0.25, 0.3) is 5.69 Å². The molecule has 1 saturated carbocycles. The highest BCUT2D eigenvalue weighted by molar-refractivity contribution is 6.33. The van der Waals surface area contributed by atoms with Crippen LogP contribution >= 0.6 is 11.6 Å². The van der Waals surface area contributed by atoms with Gasteiger partial charge in [0.1, 0.15) is 11.3 Å². The lowest BCUT2D eigenvalue weighted by Crippen LogP contribution is -2.59. The van der Waals surface area contributed by atoms with Gasteiger partial charge < -0.3 is 19.9 Å². The van der Waals surface area contributed by atoms with Gasteiger partial charge in [-0.2, -0.15) is 0 Å². The predicted octanol–water partition coefficient (Wildman–Crippen LogP) is 3.71. The maximum Gasteiger partial charge on any atom is 0.255 e. The third-order valence-electron chi connectivity index (χ3n) is 5.23. The van der Waals surface area contributed by atoms with E-state index in [-0.39, 0.29) is 11.8 Å². The molecule has 1 aromatic carbocycles. The molecule has 1 aliphatic rings. The van der Waals surface area contributed by atoms with Crippen molar-refractivity contribution in [1.29, 1.82) is 0 Å². The highest BCUT2D eigenvalue weighted by Gasteiger charge is 2.41. The van der Waals surface area contributed by atoms with Gasteiger partial charge in [-0.25, -0.2) is 0 Å².